The Morgan fingerprint density at radius 1 is 1.00 bits per heavy atom. The van der Waals surface area contributed by atoms with Gasteiger partial charge < -0.3 is 13.7 Å². The van der Waals surface area contributed by atoms with Crippen LogP contribution in [0.5, 0.6) is 0 Å². The number of ether oxygens (including phenoxy) is 2. The summed E-state index contributed by atoms with van der Waals surface area (Å²) in [6, 6.07) is 0. The summed E-state index contributed by atoms with van der Waals surface area (Å²) in [5.74, 6) is 0.101. The molecule has 0 aliphatic heterocycles. The van der Waals surface area contributed by atoms with E-state index in [1.165, 1.54) is 7.11 Å². The molecule has 7 nitrogen and oxygen atoms in total. The normalized spacial score (nSPS) is 11.6. The predicted octanol–water partition coefficient (Wildman–Crippen LogP) is 3.02. The highest BCUT2D eigenvalue weighted by Crippen LogP contribution is 2.33. The van der Waals surface area contributed by atoms with E-state index in [4.69, 9.17) is 6.42 Å². The van der Waals surface area contributed by atoms with E-state index in [1.807, 2.05) is 0 Å². The summed E-state index contributed by atoms with van der Waals surface area (Å²) in [5.41, 5.74) is -8.08. The molecule has 0 spiro atoms. The first kappa shape index (κ1) is 29.5. The van der Waals surface area contributed by atoms with E-state index >= 15 is 0 Å². The standard InChI is InChI=1S/C8H11F3O5S.C7H10O2.CH4/c1-5(7(2,3)6(12)15-4)16-17(13,14)8(9,10)11;1-5-7(2,3)6(8)9-4;/h1H2,2-4H3;1H,2-4H3;1H4. The number of alkyl halides is 3. The van der Waals surface area contributed by atoms with Crippen molar-refractivity contribution in [3.63, 3.8) is 0 Å². The number of carbonyl (C=O) groups excluding carboxylic acids is 2. The molecule has 0 aliphatic rings. The van der Waals surface area contributed by atoms with Crippen LogP contribution in [0.2, 0.25) is 0 Å². The smallest absolute Gasteiger partial charge is 0.468 e. The molecule has 0 aromatic carbocycles. The fourth-order valence-electron chi connectivity index (χ4n) is 0.967. The lowest BCUT2D eigenvalue weighted by molar-refractivity contribution is -0.150. The fourth-order valence-corrected chi connectivity index (χ4v) is 1.53. The van der Waals surface area contributed by atoms with Crippen molar-refractivity contribution in [2.45, 2.75) is 40.6 Å². The minimum Gasteiger partial charge on any atom is -0.468 e. The molecule has 0 aromatic rings. The van der Waals surface area contributed by atoms with Crippen molar-refractivity contribution in [3.05, 3.63) is 12.3 Å². The van der Waals surface area contributed by atoms with E-state index in [9.17, 15) is 31.2 Å². The molecule has 0 saturated carbocycles. The molecule has 0 saturated heterocycles. The van der Waals surface area contributed by atoms with Crippen LogP contribution < -0.4 is 0 Å². The van der Waals surface area contributed by atoms with Crippen LogP contribution in [0.1, 0.15) is 35.1 Å². The Hall–Kier alpha value is -2.22. The van der Waals surface area contributed by atoms with Crippen LogP contribution in [0.25, 0.3) is 0 Å². The van der Waals surface area contributed by atoms with Gasteiger partial charge in [0.2, 0.25) is 0 Å². The Labute approximate surface area is 158 Å². The van der Waals surface area contributed by atoms with Crippen LogP contribution in [0.15, 0.2) is 12.3 Å². The largest absolute Gasteiger partial charge is 0.534 e. The van der Waals surface area contributed by atoms with Gasteiger partial charge in [0, 0.05) is 0 Å². The lowest BCUT2D eigenvalue weighted by Gasteiger charge is -2.23. The van der Waals surface area contributed by atoms with Crippen LogP contribution >= 0.6 is 0 Å². The van der Waals surface area contributed by atoms with Crippen molar-refractivity contribution in [1.29, 1.82) is 0 Å². The Bertz CT molecular complexity index is 684. The van der Waals surface area contributed by atoms with Crippen LogP contribution in [-0.2, 0) is 33.4 Å². The van der Waals surface area contributed by atoms with E-state index in [0.717, 1.165) is 21.0 Å². The van der Waals surface area contributed by atoms with Gasteiger partial charge in [-0.1, -0.05) is 19.9 Å². The third-order valence-electron chi connectivity index (χ3n) is 2.94. The molecule has 0 bridgehead atoms. The first-order valence-electron chi connectivity index (χ1n) is 6.75. The minimum atomic E-state index is -5.83. The molecule has 11 heteroatoms. The third-order valence-corrected chi connectivity index (χ3v) is 3.93. The van der Waals surface area contributed by atoms with Gasteiger partial charge in [-0.3, -0.25) is 9.59 Å². The number of carbonyl (C=O) groups is 2. The average molecular weight is 418 g/mol. The summed E-state index contributed by atoms with van der Waals surface area (Å²) in [7, 11) is -3.51. The van der Waals surface area contributed by atoms with Crippen molar-refractivity contribution in [3.8, 4) is 12.3 Å². The van der Waals surface area contributed by atoms with Crippen molar-refractivity contribution < 1.29 is 44.8 Å². The van der Waals surface area contributed by atoms with Crippen molar-refractivity contribution in [2.75, 3.05) is 14.2 Å². The molecule has 0 aromatic heterocycles. The Morgan fingerprint density at radius 2 is 1.37 bits per heavy atom. The number of halogens is 3. The molecule has 0 amide bonds. The Balaban J connectivity index is -0.000000491. The summed E-state index contributed by atoms with van der Waals surface area (Å²) in [5, 5.41) is 0. The lowest BCUT2D eigenvalue weighted by atomic mass is 9.92. The highest BCUT2D eigenvalue weighted by Gasteiger charge is 2.50. The molecule has 0 aliphatic carbocycles. The van der Waals surface area contributed by atoms with Crippen LogP contribution in [0.4, 0.5) is 13.2 Å². The number of hydrogen-bond donors (Lipinski definition) is 0. The highest BCUT2D eigenvalue weighted by molar-refractivity contribution is 7.87. The first-order chi connectivity index (χ1) is 11.4. The highest BCUT2D eigenvalue weighted by atomic mass is 32.2. The summed E-state index contributed by atoms with van der Waals surface area (Å²) in [4.78, 5) is 21.9. The SMILES string of the molecule is C.C#CC(C)(C)C(=O)OC.C=C(OS(=O)(=O)C(F)(F)F)C(C)(C)C(=O)OC. The van der Waals surface area contributed by atoms with Gasteiger partial charge in [-0.15, -0.1) is 6.42 Å². The quantitative estimate of drug-likeness (QED) is 0.223. The summed E-state index contributed by atoms with van der Waals surface area (Å²) >= 11 is 0. The number of methoxy groups -OCH3 is 2. The van der Waals surface area contributed by atoms with Crippen molar-refractivity contribution >= 4 is 22.1 Å². The topological polar surface area (TPSA) is 96.0 Å². The average Bonchev–Trinajstić information content (AvgIpc) is 2.51. The molecule has 0 heterocycles. The maximum atomic E-state index is 12.0. The molecule has 27 heavy (non-hydrogen) atoms. The number of hydrogen-bond acceptors (Lipinski definition) is 7. The van der Waals surface area contributed by atoms with Gasteiger partial charge in [-0.05, 0) is 27.7 Å². The zero-order chi connectivity index (χ0) is 21.6. The second-order valence-electron chi connectivity index (χ2n) is 5.78. The second-order valence-corrected chi connectivity index (χ2v) is 7.32. The summed E-state index contributed by atoms with van der Waals surface area (Å²) in [6.07, 6.45) is 5.03. The monoisotopic (exact) mass is 418 g/mol. The summed E-state index contributed by atoms with van der Waals surface area (Å²) in [6.45, 7) is 8.50. The van der Waals surface area contributed by atoms with Crippen LogP contribution in [0, 0.1) is 23.2 Å². The van der Waals surface area contributed by atoms with Gasteiger partial charge in [0.25, 0.3) is 0 Å². The zero-order valence-electron chi connectivity index (χ0n) is 15.2. The molecule has 0 rings (SSSR count). The van der Waals surface area contributed by atoms with E-state index in [1.54, 1.807) is 13.8 Å². The molecule has 0 radical (unpaired) electrons. The van der Waals surface area contributed by atoms with Gasteiger partial charge in [0.05, 0.1) is 14.2 Å². The fraction of sp³-hybridized carbons (Fsp3) is 0.625. The van der Waals surface area contributed by atoms with Crippen molar-refractivity contribution in [1.82, 2.24) is 0 Å². The number of terminal acetylenes is 1. The summed E-state index contributed by atoms with van der Waals surface area (Å²) < 4.78 is 69.8. The molecule has 0 N–H and O–H groups in total. The molecule has 0 atom stereocenters. The zero-order valence-corrected chi connectivity index (χ0v) is 16.0. The molecule has 158 valence electrons. The Kier molecular flexibility index (Phi) is 11.2. The number of esters is 2. The first-order valence-corrected chi connectivity index (χ1v) is 8.16. The van der Waals surface area contributed by atoms with E-state index < -0.39 is 38.2 Å². The van der Waals surface area contributed by atoms with Crippen molar-refractivity contribution in [2.24, 2.45) is 10.8 Å². The van der Waals surface area contributed by atoms with E-state index in [0.29, 0.717) is 0 Å². The maximum absolute atomic E-state index is 12.0. The third kappa shape index (κ3) is 8.34. The van der Waals surface area contributed by atoms with Gasteiger partial charge in [0.1, 0.15) is 16.6 Å². The van der Waals surface area contributed by atoms with Crippen LogP contribution in [0.3, 0.4) is 0 Å². The van der Waals surface area contributed by atoms with Crippen LogP contribution in [-0.4, -0.2) is 40.1 Å². The van der Waals surface area contributed by atoms with Gasteiger partial charge in [0.15, 0.2) is 0 Å². The van der Waals surface area contributed by atoms with Gasteiger partial charge >= 0.3 is 27.6 Å². The maximum Gasteiger partial charge on any atom is 0.534 e. The van der Waals surface area contributed by atoms with Gasteiger partial charge in [-0.25, -0.2) is 0 Å². The second kappa shape index (κ2) is 10.2. The number of rotatable bonds is 5. The predicted molar refractivity (Wildman–Crippen MR) is 92.4 cm³/mol. The minimum absolute atomic E-state index is 0. The Morgan fingerprint density at radius 3 is 1.59 bits per heavy atom. The van der Waals surface area contributed by atoms with Gasteiger partial charge in [-0.2, -0.15) is 21.6 Å². The lowest BCUT2D eigenvalue weighted by Crippen LogP contribution is -2.33. The van der Waals surface area contributed by atoms with E-state index in [-0.39, 0.29) is 13.4 Å². The molecular formula is C16H25F3O7S. The van der Waals surface area contributed by atoms with E-state index in [2.05, 4.69) is 26.2 Å². The molecular weight excluding hydrogens is 393 g/mol. The molecule has 0 unspecified atom stereocenters. The molecule has 0 fully saturated rings.